The summed E-state index contributed by atoms with van der Waals surface area (Å²) < 4.78 is 2.78. The van der Waals surface area contributed by atoms with Crippen molar-refractivity contribution in [1.29, 1.82) is 0 Å². The fourth-order valence-electron chi connectivity index (χ4n) is 1.21. The van der Waals surface area contributed by atoms with Gasteiger partial charge in [-0.2, -0.15) is 5.10 Å². The van der Waals surface area contributed by atoms with Crippen LogP contribution in [0.3, 0.4) is 0 Å². The molecule has 0 aliphatic rings. The average molecular weight is 308 g/mol. The Morgan fingerprint density at radius 2 is 2.15 bits per heavy atom. The number of halogens is 2. The predicted octanol–water partition coefficient (Wildman–Crippen LogP) is 2.60. The van der Waals surface area contributed by atoms with Gasteiger partial charge < -0.3 is 0 Å². The normalized spacial score (nSPS) is 11.1. The van der Waals surface area contributed by atoms with E-state index in [0.29, 0.717) is 5.15 Å². The van der Waals surface area contributed by atoms with Crippen LogP contribution in [0.5, 0.6) is 0 Å². The van der Waals surface area contributed by atoms with Gasteiger partial charge in [-0.25, -0.2) is 9.50 Å². The van der Waals surface area contributed by atoms with Gasteiger partial charge in [0.2, 0.25) is 0 Å². The van der Waals surface area contributed by atoms with Crippen molar-refractivity contribution in [2.75, 3.05) is 0 Å². The highest BCUT2D eigenvalue weighted by Crippen LogP contribution is 2.18. The third-order valence-electron chi connectivity index (χ3n) is 1.84. The molecule has 0 N–H and O–H groups in total. The number of rotatable bonds is 0. The van der Waals surface area contributed by atoms with Crippen LogP contribution in [0.1, 0.15) is 11.3 Å². The second kappa shape index (κ2) is 3.09. The minimum atomic E-state index is 0.500. The van der Waals surface area contributed by atoms with Gasteiger partial charge in [0.25, 0.3) is 0 Å². The number of aromatic nitrogens is 3. The fourth-order valence-corrected chi connectivity index (χ4v) is 1.91. The Balaban J connectivity index is 2.94. The van der Waals surface area contributed by atoms with Crippen LogP contribution >= 0.6 is 34.2 Å². The molecule has 0 spiro atoms. The molecular weight excluding hydrogens is 300 g/mol. The highest BCUT2D eigenvalue weighted by Gasteiger charge is 2.09. The van der Waals surface area contributed by atoms with Crippen molar-refractivity contribution in [3.8, 4) is 0 Å². The van der Waals surface area contributed by atoms with Crippen molar-refractivity contribution in [3.05, 3.63) is 26.2 Å². The van der Waals surface area contributed by atoms with Gasteiger partial charge in [0.15, 0.2) is 5.65 Å². The molecule has 0 amide bonds. The summed E-state index contributed by atoms with van der Waals surface area (Å²) in [4.78, 5) is 4.39. The summed E-state index contributed by atoms with van der Waals surface area (Å²) in [6.45, 7) is 3.94. The van der Waals surface area contributed by atoms with Gasteiger partial charge in [0, 0.05) is 0 Å². The highest BCUT2D eigenvalue weighted by atomic mass is 127. The van der Waals surface area contributed by atoms with E-state index in [9.17, 15) is 0 Å². The first-order chi connectivity index (χ1) is 6.09. The first-order valence-electron chi connectivity index (χ1n) is 3.77. The zero-order valence-corrected chi connectivity index (χ0v) is 10.1. The van der Waals surface area contributed by atoms with Crippen LogP contribution < -0.4 is 0 Å². The molecule has 0 bridgehead atoms. The van der Waals surface area contributed by atoms with Crippen LogP contribution in [0.2, 0.25) is 5.15 Å². The van der Waals surface area contributed by atoms with E-state index in [1.165, 1.54) is 0 Å². The second-order valence-corrected chi connectivity index (χ2v) is 4.28. The fraction of sp³-hybridized carbons (Fsp3) is 0.250. The summed E-state index contributed by atoms with van der Waals surface area (Å²) in [6.07, 6.45) is 0. The SMILES string of the molecule is Cc1nc2c(C)cc(Cl)nn2c1I. The molecule has 2 aromatic heterocycles. The van der Waals surface area contributed by atoms with Crippen molar-refractivity contribution in [2.24, 2.45) is 0 Å². The molecule has 5 heteroatoms. The van der Waals surface area contributed by atoms with Crippen molar-refractivity contribution < 1.29 is 0 Å². The summed E-state index contributed by atoms with van der Waals surface area (Å²) in [5.41, 5.74) is 2.91. The molecule has 0 atom stereocenters. The summed E-state index contributed by atoms with van der Waals surface area (Å²) in [5, 5.41) is 4.67. The van der Waals surface area contributed by atoms with Crippen LogP contribution in [0, 0.1) is 17.5 Å². The molecule has 2 rings (SSSR count). The lowest BCUT2D eigenvalue weighted by Gasteiger charge is -1.97. The predicted molar refractivity (Wildman–Crippen MR) is 60.2 cm³/mol. The third-order valence-corrected chi connectivity index (χ3v) is 3.26. The van der Waals surface area contributed by atoms with Gasteiger partial charge in [0.1, 0.15) is 8.85 Å². The zero-order chi connectivity index (χ0) is 9.59. The molecule has 0 saturated heterocycles. The topological polar surface area (TPSA) is 30.2 Å². The third kappa shape index (κ3) is 1.42. The Kier molecular flexibility index (Phi) is 2.19. The van der Waals surface area contributed by atoms with Gasteiger partial charge in [-0.15, -0.1) is 0 Å². The van der Waals surface area contributed by atoms with Crippen LogP contribution in [-0.2, 0) is 0 Å². The Hall–Kier alpha value is -0.360. The molecule has 13 heavy (non-hydrogen) atoms. The van der Waals surface area contributed by atoms with Gasteiger partial charge in [0.05, 0.1) is 5.69 Å². The van der Waals surface area contributed by atoms with Crippen molar-refractivity contribution in [1.82, 2.24) is 14.6 Å². The van der Waals surface area contributed by atoms with E-state index in [-0.39, 0.29) is 0 Å². The molecule has 2 heterocycles. The highest BCUT2D eigenvalue weighted by molar-refractivity contribution is 14.1. The maximum absolute atomic E-state index is 5.84. The molecule has 0 aliphatic heterocycles. The molecule has 0 fully saturated rings. The lowest BCUT2D eigenvalue weighted by Crippen LogP contribution is -1.96. The molecule has 68 valence electrons. The van der Waals surface area contributed by atoms with Gasteiger partial charge in [-0.05, 0) is 48.1 Å². The number of hydrogen-bond acceptors (Lipinski definition) is 2. The number of fused-ring (bicyclic) bond motifs is 1. The van der Waals surface area contributed by atoms with Crippen molar-refractivity contribution in [2.45, 2.75) is 13.8 Å². The maximum atomic E-state index is 5.84. The lowest BCUT2D eigenvalue weighted by atomic mass is 10.3. The van der Waals surface area contributed by atoms with E-state index in [2.05, 4.69) is 32.7 Å². The second-order valence-electron chi connectivity index (χ2n) is 2.87. The van der Waals surface area contributed by atoms with Crippen LogP contribution in [0.15, 0.2) is 6.07 Å². The van der Waals surface area contributed by atoms with E-state index >= 15 is 0 Å². The summed E-state index contributed by atoms with van der Waals surface area (Å²) in [7, 11) is 0. The Morgan fingerprint density at radius 3 is 2.85 bits per heavy atom. The van der Waals surface area contributed by atoms with Gasteiger partial charge >= 0.3 is 0 Å². The van der Waals surface area contributed by atoms with E-state index in [1.54, 1.807) is 4.52 Å². The van der Waals surface area contributed by atoms with E-state index < -0.39 is 0 Å². The van der Waals surface area contributed by atoms with Crippen LogP contribution in [0.25, 0.3) is 5.65 Å². The lowest BCUT2D eigenvalue weighted by molar-refractivity contribution is 0.904. The van der Waals surface area contributed by atoms with E-state index in [4.69, 9.17) is 11.6 Å². The summed E-state index contributed by atoms with van der Waals surface area (Å²) >= 11 is 8.05. The largest absolute Gasteiger partial charge is 0.231 e. The summed E-state index contributed by atoms with van der Waals surface area (Å²) in [5.74, 6) is 0. The Labute approximate surface area is 94.3 Å². The van der Waals surface area contributed by atoms with Crippen molar-refractivity contribution in [3.63, 3.8) is 0 Å². The Bertz CT molecular complexity index is 478. The Morgan fingerprint density at radius 1 is 1.46 bits per heavy atom. The molecule has 0 saturated carbocycles. The van der Waals surface area contributed by atoms with Crippen molar-refractivity contribution >= 4 is 39.8 Å². The van der Waals surface area contributed by atoms with Gasteiger partial charge in [-0.3, -0.25) is 0 Å². The minimum absolute atomic E-state index is 0.500. The van der Waals surface area contributed by atoms with E-state index in [0.717, 1.165) is 20.6 Å². The first-order valence-corrected chi connectivity index (χ1v) is 5.23. The monoisotopic (exact) mass is 307 g/mol. The summed E-state index contributed by atoms with van der Waals surface area (Å²) in [6, 6.07) is 1.82. The molecule has 2 aromatic rings. The van der Waals surface area contributed by atoms with Crippen LogP contribution in [0.4, 0.5) is 0 Å². The average Bonchev–Trinajstić information content (AvgIpc) is 2.32. The zero-order valence-electron chi connectivity index (χ0n) is 7.17. The quantitative estimate of drug-likeness (QED) is 0.700. The maximum Gasteiger partial charge on any atom is 0.158 e. The first kappa shape index (κ1) is 9.21. The molecule has 0 radical (unpaired) electrons. The molecular formula is C8H7ClIN3. The minimum Gasteiger partial charge on any atom is -0.231 e. The molecule has 0 aliphatic carbocycles. The molecule has 0 aromatic carbocycles. The molecule has 3 nitrogen and oxygen atoms in total. The van der Waals surface area contributed by atoms with Crippen LogP contribution in [-0.4, -0.2) is 14.6 Å². The number of imidazole rings is 1. The van der Waals surface area contributed by atoms with Gasteiger partial charge in [-0.1, -0.05) is 11.6 Å². The number of nitrogens with zero attached hydrogens (tertiary/aromatic N) is 3. The smallest absolute Gasteiger partial charge is 0.158 e. The molecule has 0 unspecified atom stereocenters. The number of aryl methyl sites for hydroxylation is 2. The van der Waals surface area contributed by atoms with E-state index in [1.807, 2.05) is 19.9 Å². The standard InChI is InChI=1S/C8H7ClIN3/c1-4-3-6(9)12-13-7(10)5(2)11-8(4)13/h3H,1-2H3. The number of hydrogen-bond donors (Lipinski definition) is 0.